The Morgan fingerprint density at radius 1 is 1.13 bits per heavy atom. The molecule has 2 heteroatoms. The van der Waals surface area contributed by atoms with Gasteiger partial charge in [0.1, 0.15) is 0 Å². The van der Waals surface area contributed by atoms with Crippen molar-refractivity contribution in [3.8, 4) is 0 Å². The van der Waals surface area contributed by atoms with Gasteiger partial charge in [-0.05, 0) is 29.5 Å². The van der Waals surface area contributed by atoms with Gasteiger partial charge in [0.15, 0.2) is 0 Å². The van der Waals surface area contributed by atoms with Crippen molar-refractivity contribution in [2.75, 3.05) is 0 Å². The molecule has 1 aromatic carbocycles. The molecule has 0 atom stereocenters. The van der Waals surface area contributed by atoms with Crippen LogP contribution in [0.2, 0.25) is 0 Å². The first-order chi connectivity index (χ1) is 7.34. The zero-order valence-electron chi connectivity index (χ0n) is 8.77. The predicted molar refractivity (Wildman–Crippen MR) is 64.0 cm³/mol. The molecule has 0 radical (unpaired) electrons. The van der Waals surface area contributed by atoms with Crippen LogP contribution < -0.4 is 0 Å². The van der Waals surface area contributed by atoms with Crippen LogP contribution in [0.4, 0.5) is 0 Å². The quantitative estimate of drug-likeness (QED) is 0.759. The minimum atomic E-state index is 0.692. The van der Waals surface area contributed by atoms with Gasteiger partial charge >= 0.3 is 0 Å². The molecule has 0 aliphatic rings. The molecule has 1 heterocycles. The van der Waals surface area contributed by atoms with Crippen LogP contribution in [0.5, 0.6) is 0 Å². The van der Waals surface area contributed by atoms with Crippen molar-refractivity contribution in [1.29, 1.82) is 0 Å². The number of aryl methyl sites for hydroxylation is 1. The standard InChI is InChI=1S/C13H14OS/c1-11-7-13(15-10-11)9-14-8-12-5-3-2-4-6-12/h2-7,10H,8-9H2,1H3. The van der Waals surface area contributed by atoms with E-state index in [-0.39, 0.29) is 0 Å². The molecular formula is C13H14OS. The normalized spacial score (nSPS) is 10.5. The van der Waals surface area contributed by atoms with E-state index < -0.39 is 0 Å². The van der Waals surface area contributed by atoms with Gasteiger partial charge < -0.3 is 4.74 Å². The third kappa shape index (κ3) is 3.18. The summed E-state index contributed by atoms with van der Waals surface area (Å²) in [6, 6.07) is 12.4. The Labute approximate surface area is 94.3 Å². The lowest BCUT2D eigenvalue weighted by Gasteiger charge is -2.02. The second kappa shape index (κ2) is 5.10. The van der Waals surface area contributed by atoms with Crippen LogP contribution in [0.25, 0.3) is 0 Å². The van der Waals surface area contributed by atoms with Gasteiger partial charge in [0, 0.05) is 4.88 Å². The summed E-state index contributed by atoms with van der Waals surface area (Å²) in [4.78, 5) is 1.29. The highest BCUT2D eigenvalue weighted by molar-refractivity contribution is 7.10. The molecule has 0 saturated heterocycles. The predicted octanol–water partition coefficient (Wildman–Crippen LogP) is 3.77. The summed E-state index contributed by atoms with van der Waals surface area (Å²) in [5, 5.41) is 2.15. The third-order valence-corrected chi connectivity index (χ3v) is 3.17. The Balaban J connectivity index is 1.80. The Hall–Kier alpha value is -1.12. The van der Waals surface area contributed by atoms with Gasteiger partial charge in [-0.1, -0.05) is 30.3 Å². The van der Waals surface area contributed by atoms with Crippen molar-refractivity contribution in [3.63, 3.8) is 0 Å². The smallest absolute Gasteiger partial charge is 0.0814 e. The van der Waals surface area contributed by atoms with Gasteiger partial charge in [-0.3, -0.25) is 0 Å². The summed E-state index contributed by atoms with van der Waals surface area (Å²) in [5.41, 5.74) is 2.55. The molecule has 0 spiro atoms. The number of ether oxygens (including phenoxy) is 1. The Kier molecular flexibility index (Phi) is 3.54. The van der Waals surface area contributed by atoms with E-state index in [9.17, 15) is 0 Å². The van der Waals surface area contributed by atoms with Gasteiger partial charge in [0.2, 0.25) is 0 Å². The summed E-state index contributed by atoms with van der Waals surface area (Å²) in [7, 11) is 0. The van der Waals surface area contributed by atoms with Crippen LogP contribution >= 0.6 is 11.3 Å². The molecular weight excluding hydrogens is 204 g/mol. The van der Waals surface area contributed by atoms with E-state index in [0.717, 1.165) is 0 Å². The van der Waals surface area contributed by atoms with Crippen molar-refractivity contribution in [3.05, 3.63) is 57.8 Å². The topological polar surface area (TPSA) is 9.23 Å². The molecule has 0 aliphatic carbocycles. The van der Waals surface area contributed by atoms with Crippen LogP contribution in [0, 0.1) is 6.92 Å². The molecule has 0 fully saturated rings. The van der Waals surface area contributed by atoms with E-state index in [2.05, 4.69) is 30.5 Å². The molecule has 2 aromatic rings. The molecule has 0 N–H and O–H groups in total. The molecule has 0 aliphatic heterocycles. The van der Waals surface area contributed by atoms with E-state index in [1.807, 2.05) is 18.2 Å². The SMILES string of the molecule is Cc1csc(COCc2ccccc2)c1. The molecule has 0 saturated carbocycles. The average Bonchev–Trinajstić information content (AvgIpc) is 2.66. The average molecular weight is 218 g/mol. The summed E-state index contributed by atoms with van der Waals surface area (Å²) in [6.45, 7) is 3.52. The van der Waals surface area contributed by atoms with E-state index in [4.69, 9.17) is 4.74 Å². The molecule has 2 rings (SSSR count). The molecule has 15 heavy (non-hydrogen) atoms. The summed E-state index contributed by atoms with van der Waals surface area (Å²) in [6.07, 6.45) is 0. The third-order valence-electron chi connectivity index (χ3n) is 2.14. The van der Waals surface area contributed by atoms with Gasteiger partial charge in [0.05, 0.1) is 13.2 Å². The van der Waals surface area contributed by atoms with Crippen LogP contribution in [-0.2, 0) is 18.0 Å². The molecule has 1 aromatic heterocycles. The van der Waals surface area contributed by atoms with Crippen molar-refractivity contribution in [2.45, 2.75) is 20.1 Å². The van der Waals surface area contributed by atoms with Crippen LogP contribution in [-0.4, -0.2) is 0 Å². The zero-order chi connectivity index (χ0) is 10.5. The van der Waals surface area contributed by atoms with Gasteiger partial charge in [-0.25, -0.2) is 0 Å². The number of rotatable bonds is 4. The number of hydrogen-bond donors (Lipinski definition) is 0. The molecule has 78 valence electrons. The highest BCUT2D eigenvalue weighted by atomic mass is 32.1. The number of hydrogen-bond acceptors (Lipinski definition) is 2. The largest absolute Gasteiger partial charge is 0.371 e. The molecule has 0 bridgehead atoms. The van der Waals surface area contributed by atoms with Gasteiger partial charge in [-0.2, -0.15) is 0 Å². The highest BCUT2D eigenvalue weighted by Crippen LogP contribution is 2.15. The summed E-state index contributed by atoms with van der Waals surface area (Å²) >= 11 is 1.76. The fourth-order valence-corrected chi connectivity index (χ4v) is 2.22. The lowest BCUT2D eigenvalue weighted by atomic mass is 10.2. The van der Waals surface area contributed by atoms with E-state index in [1.165, 1.54) is 16.0 Å². The first kappa shape index (κ1) is 10.4. The molecule has 0 amide bonds. The summed E-state index contributed by atoms with van der Waals surface area (Å²) < 4.78 is 5.63. The van der Waals surface area contributed by atoms with Crippen LogP contribution in [0.3, 0.4) is 0 Å². The van der Waals surface area contributed by atoms with Crippen molar-refractivity contribution >= 4 is 11.3 Å². The maximum absolute atomic E-state index is 5.63. The first-order valence-electron chi connectivity index (χ1n) is 5.00. The minimum Gasteiger partial charge on any atom is -0.371 e. The molecule has 1 nitrogen and oxygen atoms in total. The Morgan fingerprint density at radius 2 is 1.93 bits per heavy atom. The number of benzene rings is 1. The Bertz CT molecular complexity index is 405. The maximum Gasteiger partial charge on any atom is 0.0814 e. The summed E-state index contributed by atoms with van der Waals surface area (Å²) in [5.74, 6) is 0. The fourth-order valence-electron chi connectivity index (χ4n) is 1.41. The lowest BCUT2D eigenvalue weighted by Crippen LogP contribution is -1.91. The number of thiophene rings is 1. The first-order valence-corrected chi connectivity index (χ1v) is 5.88. The van der Waals surface area contributed by atoms with E-state index >= 15 is 0 Å². The van der Waals surface area contributed by atoms with Gasteiger partial charge in [0.25, 0.3) is 0 Å². The monoisotopic (exact) mass is 218 g/mol. The van der Waals surface area contributed by atoms with Crippen molar-refractivity contribution < 1.29 is 4.74 Å². The van der Waals surface area contributed by atoms with E-state index in [0.29, 0.717) is 13.2 Å². The maximum atomic E-state index is 5.63. The molecule has 0 unspecified atom stereocenters. The minimum absolute atomic E-state index is 0.692. The highest BCUT2D eigenvalue weighted by Gasteiger charge is 1.97. The second-order valence-electron chi connectivity index (χ2n) is 3.57. The van der Waals surface area contributed by atoms with E-state index in [1.54, 1.807) is 11.3 Å². The Morgan fingerprint density at radius 3 is 2.60 bits per heavy atom. The van der Waals surface area contributed by atoms with Crippen LogP contribution in [0.15, 0.2) is 41.8 Å². The van der Waals surface area contributed by atoms with Gasteiger partial charge in [-0.15, -0.1) is 11.3 Å². The van der Waals surface area contributed by atoms with Crippen molar-refractivity contribution in [1.82, 2.24) is 0 Å². The van der Waals surface area contributed by atoms with Crippen molar-refractivity contribution in [2.24, 2.45) is 0 Å². The zero-order valence-corrected chi connectivity index (χ0v) is 9.59. The second-order valence-corrected chi connectivity index (χ2v) is 4.56. The fraction of sp³-hybridized carbons (Fsp3) is 0.231. The van der Waals surface area contributed by atoms with Crippen LogP contribution in [0.1, 0.15) is 16.0 Å². The lowest BCUT2D eigenvalue weighted by molar-refractivity contribution is 0.109.